The van der Waals surface area contributed by atoms with Gasteiger partial charge in [-0.15, -0.1) is 23.4 Å². The monoisotopic (exact) mass is 260 g/mol. The number of ether oxygens (including phenoxy) is 2. The van der Waals surface area contributed by atoms with Gasteiger partial charge >= 0.3 is 0 Å². The zero-order chi connectivity index (χ0) is 12.1. The van der Waals surface area contributed by atoms with Crippen LogP contribution >= 0.6 is 23.4 Å². The molecule has 0 amide bonds. The van der Waals surface area contributed by atoms with Gasteiger partial charge in [0.15, 0.2) is 5.78 Å². The Morgan fingerprint density at radius 1 is 1.31 bits per heavy atom. The Hall–Kier alpha value is -0.870. The highest BCUT2D eigenvalue weighted by Gasteiger charge is 2.15. The van der Waals surface area contributed by atoms with E-state index in [-0.39, 0.29) is 11.7 Å². The van der Waals surface area contributed by atoms with E-state index in [9.17, 15) is 4.79 Å². The molecule has 16 heavy (non-hydrogen) atoms. The van der Waals surface area contributed by atoms with Gasteiger partial charge in [-0.05, 0) is 18.4 Å². The number of ketones is 1. The Bertz CT molecular complexity index is 393. The third kappa shape index (κ3) is 2.62. The van der Waals surface area contributed by atoms with Crippen molar-refractivity contribution in [2.45, 2.75) is 4.90 Å². The molecule has 0 aromatic heterocycles. The predicted molar refractivity (Wildman–Crippen MR) is 66.4 cm³/mol. The number of methoxy groups -OCH3 is 2. The molecule has 1 aromatic rings. The quantitative estimate of drug-likeness (QED) is 0.463. The largest absolute Gasteiger partial charge is 0.496 e. The summed E-state index contributed by atoms with van der Waals surface area (Å²) >= 11 is 7.06. The van der Waals surface area contributed by atoms with E-state index in [0.29, 0.717) is 17.1 Å². The molecule has 3 nitrogen and oxygen atoms in total. The number of rotatable bonds is 5. The van der Waals surface area contributed by atoms with Crippen LogP contribution in [0, 0.1) is 0 Å². The highest BCUT2D eigenvalue weighted by molar-refractivity contribution is 7.98. The SMILES string of the molecule is COc1cc(C(=O)CCl)c(OC)cc1SC. The van der Waals surface area contributed by atoms with Gasteiger partial charge in [0.05, 0.1) is 30.6 Å². The minimum absolute atomic E-state index is 0.0713. The second-order valence-electron chi connectivity index (χ2n) is 2.96. The van der Waals surface area contributed by atoms with Crippen molar-refractivity contribution in [3.05, 3.63) is 17.7 Å². The molecule has 0 heterocycles. The zero-order valence-corrected chi connectivity index (χ0v) is 10.9. The zero-order valence-electron chi connectivity index (χ0n) is 9.37. The first-order valence-corrected chi connectivity index (χ1v) is 6.33. The average Bonchev–Trinajstić information content (AvgIpc) is 2.35. The van der Waals surface area contributed by atoms with Crippen molar-refractivity contribution in [1.82, 2.24) is 0 Å². The Morgan fingerprint density at radius 3 is 2.38 bits per heavy atom. The topological polar surface area (TPSA) is 35.5 Å². The van der Waals surface area contributed by atoms with Crippen molar-refractivity contribution in [1.29, 1.82) is 0 Å². The highest BCUT2D eigenvalue weighted by atomic mass is 35.5. The fraction of sp³-hybridized carbons (Fsp3) is 0.364. The molecular formula is C11H13ClO3S. The summed E-state index contributed by atoms with van der Waals surface area (Å²) in [7, 11) is 3.09. The van der Waals surface area contributed by atoms with E-state index in [2.05, 4.69) is 0 Å². The molecule has 0 aliphatic carbocycles. The fourth-order valence-electron chi connectivity index (χ4n) is 1.32. The molecule has 0 N–H and O–H groups in total. The smallest absolute Gasteiger partial charge is 0.181 e. The van der Waals surface area contributed by atoms with Crippen LogP contribution in [0.15, 0.2) is 17.0 Å². The van der Waals surface area contributed by atoms with Crippen molar-refractivity contribution in [2.75, 3.05) is 26.4 Å². The molecule has 0 unspecified atom stereocenters. The lowest BCUT2D eigenvalue weighted by Crippen LogP contribution is -2.04. The average molecular weight is 261 g/mol. The molecular weight excluding hydrogens is 248 g/mol. The summed E-state index contributed by atoms with van der Waals surface area (Å²) in [6.45, 7) is 0. The number of halogens is 1. The second-order valence-corrected chi connectivity index (χ2v) is 4.08. The number of carbonyl (C=O) groups is 1. The van der Waals surface area contributed by atoms with Crippen LogP contribution in [-0.2, 0) is 0 Å². The molecule has 0 saturated heterocycles. The third-order valence-corrected chi connectivity index (χ3v) is 3.13. The Labute approximate surface area is 104 Å². The number of hydrogen-bond acceptors (Lipinski definition) is 4. The summed E-state index contributed by atoms with van der Waals surface area (Å²) in [5.74, 6) is 0.931. The van der Waals surface area contributed by atoms with E-state index < -0.39 is 0 Å². The Morgan fingerprint density at radius 2 is 1.94 bits per heavy atom. The third-order valence-electron chi connectivity index (χ3n) is 2.13. The van der Waals surface area contributed by atoms with Crippen LogP contribution in [0.3, 0.4) is 0 Å². The van der Waals surface area contributed by atoms with E-state index in [0.717, 1.165) is 4.90 Å². The highest BCUT2D eigenvalue weighted by Crippen LogP contribution is 2.34. The minimum atomic E-state index is -0.176. The number of benzene rings is 1. The van der Waals surface area contributed by atoms with Gasteiger partial charge in [0.1, 0.15) is 11.5 Å². The lowest BCUT2D eigenvalue weighted by molar-refractivity contribution is 0.101. The van der Waals surface area contributed by atoms with Crippen molar-refractivity contribution in [2.24, 2.45) is 0 Å². The van der Waals surface area contributed by atoms with E-state index in [1.54, 1.807) is 19.2 Å². The van der Waals surface area contributed by atoms with Crippen LogP contribution in [0.1, 0.15) is 10.4 Å². The summed E-state index contributed by atoms with van der Waals surface area (Å²) in [4.78, 5) is 12.5. The van der Waals surface area contributed by atoms with Crippen LogP contribution < -0.4 is 9.47 Å². The molecule has 0 saturated carbocycles. The molecule has 0 atom stereocenters. The first-order chi connectivity index (χ1) is 7.67. The van der Waals surface area contributed by atoms with Gasteiger partial charge in [-0.3, -0.25) is 4.79 Å². The maximum atomic E-state index is 11.6. The van der Waals surface area contributed by atoms with Gasteiger partial charge in [-0.1, -0.05) is 0 Å². The minimum Gasteiger partial charge on any atom is -0.496 e. The van der Waals surface area contributed by atoms with Crippen LogP contribution in [0.5, 0.6) is 11.5 Å². The van der Waals surface area contributed by atoms with Crippen molar-refractivity contribution in [3.63, 3.8) is 0 Å². The normalized spacial score (nSPS) is 10.0. The van der Waals surface area contributed by atoms with Crippen LogP contribution in [0.2, 0.25) is 0 Å². The van der Waals surface area contributed by atoms with Crippen molar-refractivity contribution in [3.8, 4) is 11.5 Å². The van der Waals surface area contributed by atoms with Crippen LogP contribution in [0.25, 0.3) is 0 Å². The lowest BCUT2D eigenvalue weighted by atomic mass is 10.1. The summed E-state index contributed by atoms with van der Waals surface area (Å²) in [5, 5.41) is 0. The van der Waals surface area contributed by atoms with E-state index in [4.69, 9.17) is 21.1 Å². The molecule has 1 aromatic carbocycles. The van der Waals surface area contributed by atoms with E-state index >= 15 is 0 Å². The van der Waals surface area contributed by atoms with Gasteiger partial charge in [0.2, 0.25) is 0 Å². The number of carbonyl (C=O) groups excluding carboxylic acids is 1. The second kappa shape index (κ2) is 6.01. The molecule has 0 fully saturated rings. The molecule has 0 aliphatic heterocycles. The molecule has 0 bridgehead atoms. The first-order valence-electron chi connectivity index (χ1n) is 4.57. The summed E-state index contributed by atoms with van der Waals surface area (Å²) < 4.78 is 10.4. The first kappa shape index (κ1) is 13.2. The lowest BCUT2D eigenvalue weighted by Gasteiger charge is -2.12. The molecule has 0 radical (unpaired) electrons. The van der Waals surface area contributed by atoms with E-state index in [1.165, 1.54) is 18.9 Å². The van der Waals surface area contributed by atoms with Gasteiger partial charge in [0.25, 0.3) is 0 Å². The van der Waals surface area contributed by atoms with Crippen molar-refractivity contribution >= 4 is 29.1 Å². The Kier molecular flexibility index (Phi) is 4.96. The van der Waals surface area contributed by atoms with Crippen LogP contribution in [-0.4, -0.2) is 32.1 Å². The maximum absolute atomic E-state index is 11.6. The van der Waals surface area contributed by atoms with Crippen molar-refractivity contribution < 1.29 is 14.3 Å². The molecule has 88 valence electrons. The summed E-state index contributed by atoms with van der Waals surface area (Å²) in [6.07, 6.45) is 1.93. The Balaban J connectivity index is 3.31. The number of thioether (sulfide) groups is 1. The van der Waals surface area contributed by atoms with Gasteiger partial charge in [-0.25, -0.2) is 0 Å². The maximum Gasteiger partial charge on any atom is 0.181 e. The molecule has 5 heteroatoms. The molecule has 0 spiro atoms. The summed E-state index contributed by atoms with van der Waals surface area (Å²) in [5.41, 5.74) is 0.451. The molecule has 1 rings (SSSR count). The van der Waals surface area contributed by atoms with Crippen LogP contribution in [0.4, 0.5) is 0 Å². The number of hydrogen-bond donors (Lipinski definition) is 0. The van der Waals surface area contributed by atoms with Gasteiger partial charge in [0, 0.05) is 0 Å². The van der Waals surface area contributed by atoms with Gasteiger partial charge < -0.3 is 9.47 Å². The number of Topliss-reactive ketones (excluding diaryl/α,β-unsaturated/α-hetero) is 1. The standard InChI is InChI=1S/C11H13ClO3S/c1-14-9-5-11(16-3)10(15-2)4-7(9)8(13)6-12/h4-5H,6H2,1-3H3. The summed E-state index contributed by atoms with van der Waals surface area (Å²) in [6, 6.07) is 3.44. The van der Waals surface area contributed by atoms with E-state index in [1.807, 2.05) is 6.26 Å². The van der Waals surface area contributed by atoms with Gasteiger partial charge in [-0.2, -0.15) is 0 Å². The predicted octanol–water partition coefficient (Wildman–Crippen LogP) is 2.85. The fourth-order valence-corrected chi connectivity index (χ4v) is 2.03. The molecule has 0 aliphatic rings. The number of alkyl halides is 1.